The van der Waals surface area contributed by atoms with Crippen molar-refractivity contribution in [2.24, 2.45) is 5.92 Å². The maximum Gasteiger partial charge on any atom is 0.255 e. The number of likely N-dealkylation sites (tertiary alicyclic amines) is 1. The van der Waals surface area contributed by atoms with E-state index in [1.54, 1.807) is 37.6 Å². The van der Waals surface area contributed by atoms with Crippen LogP contribution in [0.25, 0.3) is 0 Å². The van der Waals surface area contributed by atoms with Crippen molar-refractivity contribution in [1.82, 2.24) is 15.2 Å². The number of amides is 1. The maximum absolute atomic E-state index is 13.6. The van der Waals surface area contributed by atoms with E-state index in [-0.39, 0.29) is 23.7 Å². The third-order valence-corrected chi connectivity index (χ3v) is 5.95. The zero-order chi connectivity index (χ0) is 22.3. The van der Waals surface area contributed by atoms with E-state index < -0.39 is 0 Å². The average molecular weight is 434 g/mol. The van der Waals surface area contributed by atoms with Crippen molar-refractivity contribution < 1.29 is 13.9 Å². The smallest absolute Gasteiger partial charge is 0.255 e. The zero-order valence-corrected chi connectivity index (χ0v) is 18.2. The van der Waals surface area contributed by atoms with Crippen molar-refractivity contribution in [2.45, 2.75) is 25.4 Å². The van der Waals surface area contributed by atoms with Gasteiger partial charge in [0.15, 0.2) is 0 Å². The Hall–Kier alpha value is -3.25. The van der Waals surface area contributed by atoms with E-state index in [2.05, 4.69) is 15.2 Å². The van der Waals surface area contributed by atoms with E-state index in [0.29, 0.717) is 17.9 Å². The molecule has 1 amide bonds. The van der Waals surface area contributed by atoms with Gasteiger partial charge in [-0.1, -0.05) is 30.3 Å². The number of carbonyl (C=O) groups excluding carboxylic acids is 1. The van der Waals surface area contributed by atoms with Crippen LogP contribution in [-0.2, 0) is 6.54 Å². The molecule has 5 nitrogen and oxygen atoms in total. The Labute approximate surface area is 188 Å². The second kappa shape index (κ2) is 10.4. The van der Waals surface area contributed by atoms with Crippen molar-refractivity contribution in [3.63, 3.8) is 0 Å². The highest BCUT2D eigenvalue weighted by Crippen LogP contribution is 2.30. The highest BCUT2D eigenvalue weighted by atomic mass is 19.1. The number of hydrogen-bond donors (Lipinski definition) is 1. The normalized spacial score (nSPS) is 17.5. The Bertz CT molecular complexity index is 1040. The Balaban J connectivity index is 1.54. The molecule has 2 unspecified atom stereocenters. The van der Waals surface area contributed by atoms with Crippen LogP contribution in [0.4, 0.5) is 4.39 Å². The number of nitrogens with one attached hydrogen (secondary N) is 1. The van der Waals surface area contributed by atoms with Crippen molar-refractivity contribution in [3.8, 4) is 5.75 Å². The summed E-state index contributed by atoms with van der Waals surface area (Å²) in [6.07, 6.45) is 3.74. The van der Waals surface area contributed by atoms with Crippen LogP contribution in [0.1, 0.15) is 40.5 Å². The number of rotatable bonds is 7. The van der Waals surface area contributed by atoms with E-state index in [0.717, 1.165) is 37.2 Å². The Morgan fingerprint density at radius 2 is 2.03 bits per heavy atom. The van der Waals surface area contributed by atoms with Crippen LogP contribution in [0, 0.1) is 11.7 Å². The number of pyridine rings is 1. The molecule has 2 aromatic carbocycles. The van der Waals surface area contributed by atoms with E-state index >= 15 is 0 Å². The van der Waals surface area contributed by atoms with Gasteiger partial charge >= 0.3 is 0 Å². The maximum atomic E-state index is 13.6. The van der Waals surface area contributed by atoms with Gasteiger partial charge in [0.1, 0.15) is 11.6 Å². The summed E-state index contributed by atoms with van der Waals surface area (Å²) in [5.41, 5.74) is 2.30. The number of halogens is 1. The number of ether oxygens (including phenoxy) is 1. The van der Waals surface area contributed by atoms with Crippen molar-refractivity contribution in [1.29, 1.82) is 0 Å². The Morgan fingerprint density at radius 1 is 1.19 bits per heavy atom. The lowest BCUT2D eigenvalue weighted by Gasteiger charge is -2.37. The highest BCUT2D eigenvalue weighted by molar-refractivity contribution is 5.97. The lowest BCUT2D eigenvalue weighted by Crippen LogP contribution is -2.43. The third-order valence-electron chi connectivity index (χ3n) is 5.95. The lowest BCUT2D eigenvalue weighted by atomic mass is 9.88. The molecular weight excluding hydrogens is 405 g/mol. The van der Waals surface area contributed by atoms with E-state index in [9.17, 15) is 9.18 Å². The fraction of sp³-hybridized carbons (Fsp3) is 0.308. The number of methoxy groups -OCH3 is 1. The van der Waals surface area contributed by atoms with Crippen LogP contribution >= 0.6 is 0 Å². The summed E-state index contributed by atoms with van der Waals surface area (Å²) < 4.78 is 19.0. The minimum Gasteiger partial charge on any atom is -0.496 e. The van der Waals surface area contributed by atoms with Crippen LogP contribution in [0.5, 0.6) is 5.75 Å². The van der Waals surface area contributed by atoms with Crippen molar-refractivity contribution in [2.75, 3.05) is 20.2 Å². The predicted molar refractivity (Wildman–Crippen MR) is 122 cm³/mol. The SMILES string of the molecule is COc1ccccc1C(=O)NC(c1ccccn1)C1CCCN(Cc2cccc(F)c2)C1. The number of para-hydroxylation sites is 1. The van der Waals surface area contributed by atoms with Crippen LogP contribution in [0.2, 0.25) is 0 Å². The summed E-state index contributed by atoms with van der Waals surface area (Å²) in [5.74, 6) is 0.332. The predicted octanol–water partition coefficient (Wildman–Crippen LogP) is 4.61. The van der Waals surface area contributed by atoms with Gasteiger partial charge in [-0.3, -0.25) is 14.7 Å². The molecule has 166 valence electrons. The number of piperidine rings is 1. The molecule has 6 heteroatoms. The standard InChI is InChI=1S/C26H28FN3O2/c1-32-24-13-3-2-11-22(24)26(31)29-25(23-12-4-5-14-28-23)20-9-7-15-30(18-20)17-19-8-6-10-21(27)16-19/h2-6,8,10-14,16,20,25H,7,9,15,17-18H2,1H3,(H,29,31). The number of nitrogens with zero attached hydrogens (tertiary/aromatic N) is 2. The Kier molecular flexibility index (Phi) is 7.12. The first-order chi connectivity index (χ1) is 15.6. The molecule has 0 spiro atoms. The lowest BCUT2D eigenvalue weighted by molar-refractivity contribution is 0.0872. The van der Waals surface area contributed by atoms with Gasteiger partial charge in [0, 0.05) is 19.3 Å². The van der Waals surface area contributed by atoms with Gasteiger partial charge in [0.2, 0.25) is 0 Å². The molecule has 1 aliphatic rings. The fourth-order valence-electron chi connectivity index (χ4n) is 4.44. The molecule has 0 saturated carbocycles. The van der Waals surface area contributed by atoms with Crippen LogP contribution in [-0.4, -0.2) is 36.0 Å². The molecule has 1 N–H and O–H groups in total. The van der Waals surface area contributed by atoms with E-state index in [1.165, 1.54) is 6.07 Å². The largest absolute Gasteiger partial charge is 0.496 e. The quantitative estimate of drug-likeness (QED) is 0.591. The molecule has 0 aliphatic carbocycles. The van der Waals surface area contributed by atoms with Gasteiger partial charge in [-0.05, 0) is 67.3 Å². The van der Waals surface area contributed by atoms with Crippen molar-refractivity contribution in [3.05, 3.63) is 95.6 Å². The molecular formula is C26H28FN3O2. The number of aromatic nitrogens is 1. The molecule has 1 fully saturated rings. The first kappa shape index (κ1) is 22.0. The minimum absolute atomic E-state index is 0.180. The third kappa shape index (κ3) is 5.32. The zero-order valence-electron chi connectivity index (χ0n) is 18.2. The second-order valence-electron chi connectivity index (χ2n) is 8.17. The molecule has 2 heterocycles. The number of benzene rings is 2. The fourth-order valence-corrected chi connectivity index (χ4v) is 4.44. The molecule has 3 aromatic rings. The summed E-state index contributed by atoms with van der Waals surface area (Å²) in [4.78, 5) is 20.1. The molecule has 1 aliphatic heterocycles. The molecule has 2 atom stereocenters. The molecule has 0 radical (unpaired) electrons. The molecule has 1 saturated heterocycles. The number of hydrogen-bond acceptors (Lipinski definition) is 4. The van der Waals surface area contributed by atoms with Gasteiger partial charge in [-0.15, -0.1) is 0 Å². The first-order valence-electron chi connectivity index (χ1n) is 11.0. The highest BCUT2D eigenvalue weighted by Gasteiger charge is 2.31. The molecule has 1 aromatic heterocycles. The Morgan fingerprint density at radius 3 is 2.81 bits per heavy atom. The van der Waals surface area contributed by atoms with Crippen LogP contribution < -0.4 is 10.1 Å². The molecule has 0 bridgehead atoms. The minimum atomic E-state index is -0.232. The first-order valence-corrected chi connectivity index (χ1v) is 11.0. The summed E-state index contributed by atoms with van der Waals surface area (Å²) in [6.45, 7) is 2.43. The van der Waals surface area contributed by atoms with Gasteiger partial charge < -0.3 is 10.1 Å². The van der Waals surface area contributed by atoms with Gasteiger partial charge in [0.25, 0.3) is 5.91 Å². The number of carbonyl (C=O) groups is 1. The molecule has 4 rings (SSSR count). The molecule has 32 heavy (non-hydrogen) atoms. The second-order valence-corrected chi connectivity index (χ2v) is 8.17. The van der Waals surface area contributed by atoms with Gasteiger partial charge in [-0.25, -0.2) is 4.39 Å². The van der Waals surface area contributed by atoms with E-state index in [1.807, 2.05) is 36.4 Å². The topological polar surface area (TPSA) is 54.5 Å². The van der Waals surface area contributed by atoms with Gasteiger partial charge in [0.05, 0.1) is 24.4 Å². The monoisotopic (exact) mass is 433 g/mol. The summed E-state index contributed by atoms with van der Waals surface area (Å²) in [5, 5.41) is 3.22. The summed E-state index contributed by atoms with van der Waals surface area (Å²) in [7, 11) is 1.56. The summed E-state index contributed by atoms with van der Waals surface area (Å²) in [6, 6.07) is 19.5. The van der Waals surface area contributed by atoms with Crippen LogP contribution in [0.15, 0.2) is 72.9 Å². The van der Waals surface area contributed by atoms with Gasteiger partial charge in [-0.2, -0.15) is 0 Å². The van der Waals surface area contributed by atoms with E-state index in [4.69, 9.17) is 4.74 Å². The van der Waals surface area contributed by atoms with Crippen molar-refractivity contribution >= 4 is 5.91 Å². The average Bonchev–Trinajstić information content (AvgIpc) is 2.83. The summed E-state index contributed by atoms with van der Waals surface area (Å²) >= 11 is 0. The van der Waals surface area contributed by atoms with Crippen LogP contribution in [0.3, 0.4) is 0 Å².